The highest BCUT2D eigenvalue weighted by molar-refractivity contribution is 7.11. The molecule has 1 N–H and O–H groups in total. The SMILES string of the molecule is COc1cc(/C=C(\C#N)c2nc(-c3cccc([N+](=O)[O-])c3)cs2)ccc1O. The van der Waals surface area contributed by atoms with Gasteiger partial charge in [0.25, 0.3) is 5.69 Å². The summed E-state index contributed by atoms with van der Waals surface area (Å²) in [5.41, 5.74) is 2.16. The zero-order valence-electron chi connectivity index (χ0n) is 14.1. The van der Waals surface area contributed by atoms with Crippen LogP contribution in [0.3, 0.4) is 0 Å². The predicted molar refractivity (Wildman–Crippen MR) is 102 cm³/mol. The van der Waals surface area contributed by atoms with Gasteiger partial charge < -0.3 is 9.84 Å². The molecule has 0 atom stereocenters. The number of nitro benzene ring substituents is 1. The molecule has 27 heavy (non-hydrogen) atoms. The number of nitriles is 1. The molecule has 0 fully saturated rings. The number of nitrogens with zero attached hydrogens (tertiary/aromatic N) is 3. The van der Waals surface area contributed by atoms with Crippen LogP contribution < -0.4 is 4.74 Å². The third kappa shape index (κ3) is 3.94. The maximum atomic E-state index is 10.9. The van der Waals surface area contributed by atoms with Crippen molar-refractivity contribution < 1.29 is 14.8 Å². The number of nitro groups is 1. The molecule has 0 bridgehead atoms. The van der Waals surface area contributed by atoms with Crippen LogP contribution >= 0.6 is 11.3 Å². The average molecular weight is 379 g/mol. The molecule has 3 rings (SSSR count). The highest BCUT2D eigenvalue weighted by Gasteiger charge is 2.12. The van der Waals surface area contributed by atoms with E-state index in [1.54, 1.807) is 35.7 Å². The summed E-state index contributed by atoms with van der Waals surface area (Å²) in [4.78, 5) is 14.9. The second kappa shape index (κ2) is 7.68. The number of phenols is 1. The maximum Gasteiger partial charge on any atom is 0.270 e. The Morgan fingerprint density at radius 1 is 1.37 bits per heavy atom. The van der Waals surface area contributed by atoms with E-state index in [1.807, 2.05) is 0 Å². The molecule has 3 aromatic rings. The number of methoxy groups -OCH3 is 1. The van der Waals surface area contributed by atoms with Crippen molar-refractivity contribution in [2.75, 3.05) is 7.11 Å². The molecule has 0 spiro atoms. The van der Waals surface area contributed by atoms with Gasteiger partial charge in [0, 0.05) is 23.1 Å². The molecule has 1 heterocycles. The lowest BCUT2D eigenvalue weighted by molar-refractivity contribution is -0.384. The number of benzene rings is 2. The first kappa shape index (κ1) is 18.1. The number of ether oxygens (including phenoxy) is 1. The van der Waals surface area contributed by atoms with Gasteiger partial charge in [-0.3, -0.25) is 10.1 Å². The first-order valence-corrected chi connectivity index (χ1v) is 8.59. The Hall–Kier alpha value is -3.70. The monoisotopic (exact) mass is 379 g/mol. The third-order valence-corrected chi connectivity index (χ3v) is 4.60. The quantitative estimate of drug-likeness (QED) is 0.397. The van der Waals surface area contributed by atoms with Crippen molar-refractivity contribution in [3.8, 4) is 28.8 Å². The molecule has 8 heteroatoms. The Morgan fingerprint density at radius 2 is 2.19 bits per heavy atom. The molecule has 7 nitrogen and oxygen atoms in total. The lowest BCUT2D eigenvalue weighted by Gasteiger charge is -2.04. The number of hydrogen-bond donors (Lipinski definition) is 1. The topological polar surface area (TPSA) is 109 Å². The van der Waals surface area contributed by atoms with Crippen molar-refractivity contribution in [2.24, 2.45) is 0 Å². The summed E-state index contributed by atoms with van der Waals surface area (Å²) >= 11 is 1.27. The molecule has 0 unspecified atom stereocenters. The standard InChI is InChI=1S/C19H13N3O4S/c1-26-18-8-12(5-6-17(18)23)7-14(10-20)19-21-16(11-27-19)13-3-2-4-15(9-13)22(24)25/h2-9,11,23H,1H3/b14-7+. The van der Waals surface area contributed by atoms with Gasteiger partial charge in [0.05, 0.1) is 23.3 Å². The van der Waals surface area contributed by atoms with Gasteiger partial charge in [0.2, 0.25) is 0 Å². The van der Waals surface area contributed by atoms with Crippen molar-refractivity contribution in [3.63, 3.8) is 0 Å². The summed E-state index contributed by atoms with van der Waals surface area (Å²) in [6.07, 6.45) is 1.64. The van der Waals surface area contributed by atoms with E-state index in [0.717, 1.165) is 0 Å². The van der Waals surface area contributed by atoms with Crippen molar-refractivity contribution >= 4 is 28.7 Å². The molecular formula is C19H13N3O4S. The van der Waals surface area contributed by atoms with Crippen LogP contribution in [0.15, 0.2) is 47.8 Å². The molecule has 0 amide bonds. The lowest BCUT2D eigenvalue weighted by Crippen LogP contribution is -1.88. The van der Waals surface area contributed by atoms with Gasteiger partial charge in [-0.1, -0.05) is 18.2 Å². The van der Waals surface area contributed by atoms with Gasteiger partial charge in [-0.25, -0.2) is 4.98 Å². The summed E-state index contributed by atoms with van der Waals surface area (Å²) in [6.45, 7) is 0. The van der Waals surface area contributed by atoms with Gasteiger partial charge in [0.15, 0.2) is 11.5 Å². The maximum absolute atomic E-state index is 10.9. The van der Waals surface area contributed by atoms with Gasteiger partial charge in [-0.2, -0.15) is 5.26 Å². The van der Waals surface area contributed by atoms with Crippen LogP contribution in [0.1, 0.15) is 10.6 Å². The summed E-state index contributed by atoms with van der Waals surface area (Å²) in [6, 6.07) is 13.0. The van der Waals surface area contributed by atoms with E-state index >= 15 is 0 Å². The van der Waals surface area contributed by atoms with Crippen LogP contribution in [0.5, 0.6) is 11.5 Å². The number of non-ortho nitro benzene ring substituents is 1. The van der Waals surface area contributed by atoms with E-state index in [0.29, 0.717) is 33.2 Å². The molecule has 134 valence electrons. The summed E-state index contributed by atoms with van der Waals surface area (Å²) in [5.74, 6) is 0.313. The van der Waals surface area contributed by atoms with Gasteiger partial charge in [-0.05, 0) is 23.8 Å². The van der Waals surface area contributed by atoms with Crippen molar-refractivity contribution in [2.45, 2.75) is 0 Å². The number of hydrogen-bond acceptors (Lipinski definition) is 7. The largest absolute Gasteiger partial charge is 0.504 e. The first-order valence-electron chi connectivity index (χ1n) is 7.71. The fourth-order valence-electron chi connectivity index (χ4n) is 2.40. The summed E-state index contributed by atoms with van der Waals surface area (Å²) in [5, 5.41) is 32.3. The Morgan fingerprint density at radius 3 is 2.89 bits per heavy atom. The Balaban J connectivity index is 1.95. The van der Waals surface area contributed by atoms with Crippen molar-refractivity contribution in [1.82, 2.24) is 4.98 Å². The number of aromatic nitrogens is 1. The lowest BCUT2D eigenvalue weighted by atomic mass is 10.1. The van der Waals surface area contributed by atoms with Crippen LogP contribution in [0.2, 0.25) is 0 Å². The Kier molecular flexibility index (Phi) is 5.15. The Bertz CT molecular complexity index is 1080. The van der Waals surface area contributed by atoms with E-state index in [9.17, 15) is 20.5 Å². The number of rotatable bonds is 5. The highest BCUT2D eigenvalue weighted by Crippen LogP contribution is 2.31. The summed E-state index contributed by atoms with van der Waals surface area (Å²) < 4.78 is 5.07. The molecule has 0 aliphatic rings. The zero-order valence-corrected chi connectivity index (χ0v) is 14.9. The predicted octanol–water partition coefficient (Wildman–Crippen LogP) is 4.50. The highest BCUT2D eigenvalue weighted by atomic mass is 32.1. The second-order valence-electron chi connectivity index (χ2n) is 5.45. The third-order valence-electron chi connectivity index (χ3n) is 3.72. The van der Waals surface area contributed by atoms with E-state index in [1.165, 1.54) is 36.6 Å². The molecule has 0 radical (unpaired) electrons. The van der Waals surface area contributed by atoms with Gasteiger partial charge in [-0.15, -0.1) is 11.3 Å². The minimum Gasteiger partial charge on any atom is -0.504 e. The minimum absolute atomic E-state index is 0.00960. The van der Waals surface area contributed by atoms with E-state index in [4.69, 9.17) is 4.74 Å². The van der Waals surface area contributed by atoms with Crippen LogP contribution in [0.4, 0.5) is 5.69 Å². The summed E-state index contributed by atoms with van der Waals surface area (Å²) in [7, 11) is 1.44. The van der Waals surface area contributed by atoms with E-state index < -0.39 is 4.92 Å². The molecule has 0 aliphatic carbocycles. The number of aromatic hydroxyl groups is 1. The first-order chi connectivity index (χ1) is 13.0. The van der Waals surface area contributed by atoms with Crippen molar-refractivity contribution in [3.05, 3.63) is 68.5 Å². The molecule has 0 saturated heterocycles. The smallest absolute Gasteiger partial charge is 0.270 e. The van der Waals surface area contributed by atoms with Crippen LogP contribution in [0.25, 0.3) is 22.9 Å². The number of thiazole rings is 1. The molecule has 0 saturated carbocycles. The average Bonchev–Trinajstić information content (AvgIpc) is 3.17. The fourth-order valence-corrected chi connectivity index (χ4v) is 3.20. The minimum atomic E-state index is -0.463. The van der Waals surface area contributed by atoms with Crippen molar-refractivity contribution in [1.29, 1.82) is 5.26 Å². The molecule has 2 aromatic carbocycles. The number of allylic oxidation sites excluding steroid dienone is 1. The number of phenolic OH excluding ortho intramolecular Hbond substituents is 1. The molecular weight excluding hydrogens is 366 g/mol. The fraction of sp³-hybridized carbons (Fsp3) is 0.0526. The van der Waals surface area contributed by atoms with E-state index in [2.05, 4.69) is 11.1 Å². The normalized spacial score (nSPS) is 11.0. The van der Waals surface area contributed by atoms with Gasteiger partial charge in [0.1, 0.15) is 11.1 Å². The zero-order chi connectivity index (χ0) is 19.4. The Labute approximate surface area is 158 Å². The van der Waals surface area contributed by atoms with E-state index in [-0.39, 0.29) is 11.4 Å². The van der Waals surface area contributed by atoms with Gasteiger partial charge >= 0.3 is 0 Å². The molecule has 1 aromatic heterocycles. The van der Waals surface area contributed by atoms with Crippen LogP contribution in [-0.2, 0) is 0 Å². The van der Waals surface area contributed by atoms with Crippen LogP contribution in [-0.4, -0.2) is 22.1 Å². The molecule has 0 aliphatic heterocycles. The van der Waals surface area contributed by atoms with Crippen LogP contribution in [0, 0.1) is 21.4 Å². The second-order valence-corrected chi connectivity index (χ2v) is 6.30.